The van der Waals surface area contributed by atoms with Crippen LogP contribution in [0, 0.1) is 5.82 Å². The van der Waals surface area contributed by atoms with Crippen LogP contribution in [0.4, 0.5) is 4.39 Å². The second-order valence-electron chi connectivity index (χ2n) is 4.53. The van der Waals surface area contributed by atoms with Gasteiger partial charge in [-0.3, -0.25) is 4.79 Å². The molecule has 0 radical (unpaired) electrons. The van der Waals surface area contributed by atoms with Crippen LogP contribution in [0.3, 0.4) is 0 Å². The molecule has 4 nitrogen and oxygen atoms in total. The Morgan fingerprint density at radius 3 is 2.41 bits per heavy atom. The molecule has 2 aromatic carbocycles. The standard InChI is InChI=1S/C17H17FO4/c1-20-14-6-8-15(9-7-14)21-11-10-17(19)22-12-13-4-2-3-5-16(13)18/h2-9H,10-12H2,1H3. The van der Waals surface area contributed by atoms with E-state index in [1.165, 1.54) is 6.07 Å². The lowest BCUT2D eigenvalue weighted by atomic mass is 10.2. The summed E-state index contributed by atoms with van der Waals surface area (Å²) in [4.78, 5) is 11.6. The van der Waals surface area contributed by atoms with Crippen molar-refractivity contribution in [2.24, 2.45) is 0 Å². The topological polar surface area (TPSA) is 44.8 Å². The van der Waals surface area contributed by atoms with Gasteiger partial charge in [0.25, 0.3) is 0 Å². The molecule has 0 aromatic heterocycles. The number of ether oxygens (including phenoxy) is 3. The van der Waals surface area contributed by atoms with E-state index < -0.39 is 5.97 Å². The molecule has 2 rings (SSSR count). The number of halogens is 1. The number of carbonyl (C=O) groups excluding carboxylic acids is 1. The van der Waals surface area contributed by atoms with Gasteiger partial charge < -0.3 is 14.2 Å². The van der Waals surface area contributed by atoms with Crippen LogP contribution in [0.15, 0.2) is 48.5 Å². The lowest BCUT2D eigenvalue weighted by Crippen LogP contribution is -2.10. The van der Waals surface area contributed by atoms with E-state index in [2.05, 4.69) is 0 Å². The third kappa shape index (κ3) is 4.77. The molecule has 0 bridgehead atoms. The zero-order chi connectivity index (χ0) is 15.8. The maximum absolute atomic E-state index is 13.3. The molecule has 0 heterocycles. The van der Waals surface area contributed by atoms with Crippen molar-refractivity contribution in [1.82, 2.24) is 0 Å². The van der Waals surface area contributed by atoms with E-state index in [9.17, 15) is 9.18 Å². The summed E-state index contributed by atoms with van der Waals surface area (Å²) in [7, 11) is 1.58. The molecule has 0 fully saturated rings. The van der Waals surface area contributed by atoms with Crippen molar-refractivity contribution in [3.05, 3.63) is 59.9 Å². The number of esters is 1. The second kappa shape index (κ2) is 8.02. The number of methoxy groups -OCH3 is 1. The fourth-order valence-electron chi connectivity index (χ4n) is 1.77. The third-order valence-corrected chi connectivity index (χ3v) is 2.98. The summed E-state index contributed by atoms with van der Waals surface area (Å²) >= 11 is 0. The SMILES string of the molecule is COc1ccc(OCCC(=O)OCc2ccccc2F)cc1. The van der Waals surface area contributed by atoms with Crippen LogP contribution < -0.4 is 9.47 Å². The molecule has 0 N–H and O–H groups in total. The molecule has 5 heteroatoms. The van der Waals surface area contributed by atoms with Crippen molar-refractivity contribution in [1.29, 1.82) is 0 Å². The van der Waals surface area contributed by atoms with Crippen molar-refractivity contribution in [3.63, 3.8) is 0 Å². The highest BCUT2D eigenvalue weighted by molar-refractivity contribution is 5.69. The molecular formula is C17H17FO4. The van der Waals surface area contributed by atoms with Crippen LogP contribution in [0.2, 0.25) is 0 Å². The van der Waals surface area contributed by atoms with E-state index in [1.807, 2.05) is 0 Å². The van der Waals surface area contributed by atoms with Gasteiger partial charge in [-0.1, -0.05) is 18.2 Å². The highest BCUT2D eigenvalue weighted by Gasteiger charge is 2.07. The highest BCUT2D eigenvalue weighted by atomic mass is 19.1. The number of benzene rings is 2. The molecule has 22 heavy (non-hydrogen) atoms. The Morgan fingerprint density at radius 2 is 1.73 bits per heavy atom. The summed E-state index contributed by atoms with van der Waals surface area (Å²) in [5.41, 5.74) is 0.354. The van der Waals surface area contributed by atoms with Gasteiger partial charge in [-0.2, -0.15) is 0 Å². The first-order valence-corrected chi connectivity index (χ1v) is 6.85. The molecular weight excluding hydrogens is 287 g/mol. The predicted molar refractivity (Wildman–Crippen MR) is 79.3 cm³/mol. The third-order valence-electron chi connectivity index (χ3n) is 2.98. The molecule has 0 aliphatic heterocycles. The van der Waals surface area contributed by atoms with Gasteiger partial charge in [0.2, 0.25) is 0 Å². The first-order valence-electron chi connectivity index (χ1n) is 6.85. The first-order chi connectivity index (χ1) is 10.7. The van der Waals surface area contributed by atoms with E-state index in [1.54, 1.807) is 49.6 Å². The minimum atomic E-state index is -0.434. The summed E-state index contributed by atoms with van der Waals surface area (Å²) < 4.78 is 28.8. The molecule has 0 unspecified atom stereocenters. The van der Waals surface area contributed by atoms with Crippen LogP contribution in [-0.2, 0) is 16.1 Å². The number of carbonyl (C=O) groups is 1. The van der Waals surface area contributed by atoms with E-state index in [0.29, 0.717) is 11.3 Å². The minimum Gasteiger partial charge on any atom is -0.497 e. The van der Waals surface area contributed by atoms with Crippen molar-refractivity contribution in [2.45, 2.75) is 13.0 Å². The minimum absolute atomic E-state index is 0.0754. The average molecular weight is 304 g/mol. The van der Waals surface area contributed by atoms with E-state index >= 15 is 0 Å². The van der Waals surface area contributed by atoms with Gasteiger partial charge in [-0.25, -0.2) is 4.39 Å². The van der Waals surface area contributed by atoms with E-state index in [0.717, 1.165) is 5.75 Å². The Bertz CT molecular complexity index is 610. The number of hydrogen-bond donors (Lipinski definition) is 0. The van der Waals surface area contributed by atoms with Crippen LogP contribution >= 0.6 is 0 Å². The molecule has 0 aliphatic rings. The van der Waals surface area contributed by atoms with Crippen molar-refractivity contribution < 1.29 is 23.4 Å². The summed E-state index contributed by atoms with van der Waals surface area (Å²) in [5.74, 6) is 0.556. The lowest BCUT2D eigenvalue weighted by molar-refractivity contribution is -0.145. The number of rotatable bonds is 7. The molecule has 0 amide bonds. The quantitative estimate of drug-likeness (QED) is 0.736. The smallest absolute Gasteiger partial charge is 0.309 e. The van der Waals surface area contributed by atoms with Crippen LogP contribution in [0.25, 0.3) is 0 Å². The number of hydrogen-bond acceptors (Lipinski definition) is 4. The first kappa shape index (κ1) is 15.8. The van der Waals surface area contributed by atoms with Gasteiger partial charge in [0.15, 0.2) is 0 Å². The Kier molecular flexibility index (Phi) is 5.77. The van der Waals surface area contributed by atoms with Gasteiger partial charge >= 0.3 is 5.97 Å². The van der Waals surface area contributed by atoms with Gasteiger partial charge in [-0.15, -0.1) is 0 Å². The molecule has 116 valence electrons. The Labute approximate surface area is 128 Å². The molecule has 0 saturated carbocycles. The molecule has 0 aliphatic carbocycles. The zero-order valence-corrected chi connectivity index (χ0v) is 12.3. The van der Waals surface area contributed by atoms with Crippen LogP contribution in [0.5, 0.6) is 11.5 Å². The maximum Gasteiger partial charge on any atom is 0.309 e. The van der Waals surface area contributed by atoms with Crippen molar-refractivity contribution >= 4 is 5.97 Å². The second-order valence-corrected chi connectivity index (χ2v) is 4.53. The summed E-state index contributed by atoms with van der Waals surface area (Å²) in [6.45, 7) is 0.122. The van der Waals surface area contributed by atoms with Crippen molar-refractivity contribution in [3.8, 4) is 11.5 Å². The van der Waals surface area contributed by atoms with Gasteiger partial charge in [0.1, 0.15) is 23.9 Å². The summed E-state index contributed by atoms with van der Waals surface area (Å²) in [6, 6.07) is 13.2. The largest absolute Gasteiger partial charge is 0.497 e. The van der Waals surface area contributed by atoms with Crippen LogP contribution in [0.1, 0.15) is 12.0 Å². The summed E-state index contributed by atoms with van der Waals surface area (Å²) in [6.07, 6.45) is 0.0977. The Balaban J connectivity index is 1.70. The van der Waals surface area contributed by atoms with Gasteiger partial charge in [0.05, 0.1) is 20.1 Å². The fourth-order valence-corrected chi connectivity index (χ4v) is 1.77. The van der Waals surface area contributed by atoms with E-state index in [-0.39, 0.29) is 25.5 Å². The Morgan fingerprint density at radius 1 is 1.05 bits per heavy atom. The van der Waals surface area contributed by atoms with Gasteiger partial charge in [-0.05, 0) is 30.3 Å². The lowest BCUT2D eigenvalue weighted by Gasteiger charge is -2.08. The van der Waals surface area contributed by atoms with E-state index in [4.69, 9.17) is 14.2 Å². The zero-order valence-electron chi connectivity index (χ0n) is 12.3. The molecule has 0 saturated heterocycles. The molecule has 0 atom stereocenters. The van der Waals surface area contributed by atoms with Crippen LogP contribution in [-0.4, -0.2) is 19.7 Å². The van der Waals surface area contributed by atoms with Crippen molar-refractivity contribution in [2.75, 3.05) is 13.7 Å². The fraction of sp³-hybridized carbons (Fsp3) is 0.235. The highest BCUT2D eigenvalue weighted by Crippen LogP contribution is 2.17. The summed E-state index contributed by atoms with van der Waals surface area (Å²) in [5, 5.41) is 0. The monoisotopic (exact) mass is 304 g/mol. The maximum atomic E-state index is 13.3. The predicted octanol–water partition coefficient (Wildman–Crippen LogP) is 3.35. The van der Waals surface area contributed by atoms with Gasteiger partial charge in [0, 0.05) is 5.56 Å². The molecule has 0 spiro atoms. The normalized spacial score (nSPS) is 10.1. The average Bonchev–Trinajstić information content (AvgIpc) is 2.55. The Hall–Kier alpha value is -2.56. The molecule has 2 aromatic rings.